The normalized spacial score (nSPS) is 12.8. The third-order valence-corrected chi connectivity index (χ3v) is 4.41. The van der Waals surface area contributed by atoms with Gasteiger partial charge in [0.15, 0.2) is 0 Å². The minimum atomic E-state index is 0.0508. The van der Waals surface area contributed by atoms with Crippen molar-refractivity contribution < 1.29 is 0 Å². The molecule has 1 atom stereocenters. The zero-order valence-corrected chi connectivity index (χ0v) is 14.4. The molecule has 3 aromatic rings. The maximum Gasteiger partial charge on any atom is 0.0894 e. The molecule has 0 aliphatic carbocycles. The Hall–Kier alpha value is -2.24. The zero-order chi connectivity index (χ0) is 16.9. The average molecular weight is 323 g/mol. The molecule has 24 heavy (non-hydrogen) atoms. The molecule has 5 heteroatoms. The van der Waals surface area contributed by atoms with E-state index in [0.717, 1.165) is 42.5 Å². The van der Waals surface area contributed by atoms with Gasteiger partial charge in [-0.1, -0.05) is 30.3 Å². The Labute approximate surface area is 143 Å². The molecular weight excluding hydrogens is 298 g/mol. The first-order valence-corrected chi connectivity index (χ1v) is 8.40. The van der Waals surface area contributed by atoms with E-state index >= 15 is 0 Å². The van der Waals surface area contributed by atoms with Gasteiger partial charge in [-0.2, -0.15) is 5.10 Å². The van der Waals surface area contributed by atoms with E-state index in [1.54, 1.807) is 0 Å². The fourth-order valence-electron chi connectivity index (χ4n) is 3.13. The summed E-state index contributed by atoms with van der Waals surface area (Å²) in [6.07, 6.45) is 5.76. The molecule has 0 spiro atoms. The quantitative estimate of drug-likeness (QED) is 0.726. The SMILES string of the molecule is CN(CCCc1nccc2cnn(C)c12)CC(N)c1ccccc1. The van der Waals surface area contributed by atoms with E-state index < -0.39 is 0 Å². The predicted octanol–water partition coefficient (Wildman–Crippen LogP) is 2.53. The molecule has 1 aromatic carbocycles. The van der Waals surface area contributed by atoms with Crippen molar-refractivity contribution >= 4 is 10.9 Å². The maximum absolute atomic E-state index is 6.29. The number of hydrogen-bond acceptors (Lipinski definition) is 4. The van der Waals surface area contributed by atoms with Crippen LogP contribution in [0.25, 0.3) is 10.9 Å². The number of pyridine rings is 1. The Kier molecular flexibility index (Phi) is 5.23. The highest BCUT2D eigenvalue weighted by Crippen LogP contribution is 2.17. The monoisotopic (exact) mass is 323 g/mol. The summed E-state index contributed by atoms with van der Waals surface area (Å²) in [5.41, 5.74) is 9.74. The highest BCUT2D eigenvalue weighted by Gasteiger charge is 2.10. The molecule has 0 bridgehead atoms. The van der Waals surface area contributed by atoms with Crippen LogP contribution in [0.3, 0.4) is 0 Å². The lowest BCUT2D eigenvalue weighted by atomic mass is 10.1. The van der Waals surface area contributed by atoms with E-state index in [4.69, 9.17) is 5.73 Å². The molecule has 3 rings (SSSR count). The van der Waals surface area contributed by atoms with Crippen LogP contribution in [0.2, 0.25) is 0 Å². The summed E-state index contributed by atoms with van der Waals surface area (Å²) in [5, 5.41) is 5.48. The number of benzene rings is 1. The van der Waals surface area contributed by atoms with Crippen molar-refractivity contribution in [1.29, 1.82) is 0 Å². The summed E-state index contributed by atoms with van der Waals surface area (Å²) >= 11 is 0. The average Bonchev–Trinajstić information content (AvgIpc) is 2.98. The highest BCUT2D eigenvalue weighted by molar-refractivity contribution is 5.80. The second-order valence-electron chi connectivity index (χ2n) is 6.35. The van der Waals surface area contributed by atoms with E-state index in [9.17, 15) is 0 Å². The minimum Gasteiger partial charge on any atom is -0.323 e. The van der Waals surface area contributed by atoms with Crippen LogP contribution in [0.1, 0.15) is 23.7 Å². The number of rotatable bonds is 7. The number of likely N-dealkylation sites (N-methyl/N-ethyl adjacent to an activating group) is 1. The van der Waals surface area contributed by atoms with E-state index in [-0.39, 0.29) is 6.04 Å². The van der Waals surface area contributed by atoms with Crippen molar-refractivity contribution in [3.05, 3.63) is 60.0 Å². The summed E-state index contributed by atoms with van der Waals surface area (Å²) < 4.78 is 1.91. The van der Waals surface area contributed by atoms with E-state index in [1.165, 1.54) is 5.56 Å². The number of hydrogen-bond donors (Lipinski definition) is 1. The summed E-state index contributed by atoms with van der Waals surface area (Å²) in [4.78, 5) is 6.83. The van der Waals surface area contributed by atoms with Gasteiger partial charge >= 0.3 is 0 Å². The number of nitrogens with zero attached hydrogens (tertiary/aromatic N) is 4. The van der Waals surface area contributed by atoms with Crippen LogP contribution in [-0.2, 0) is 13.5 Å². The molecule has 0 aliphatic heterocycles. The van der Waals surface area contributed by atoms with Crippen molar-refractivity contribution in [2.24, 2.45) is 12.8 Å². The van der Waals surface area contributed by atoms with Gasteiger partial charge < -0.3 is 10.6 Å². The Balaban J connectivity index is 1.53. The van der Waals surface area contributed by atoms with E-state index in [1.807, 2.05) is 48.4 Å². The molecule has 2 N–H and O–H groups in total. The van der Waals surface area contributed by atoms with Crippen LogP contribution in [0.5, 0.6) is 0 Å². The van der Waals surface area contributed by atoms with Crippen molar-refractivity contribution in [3.8, 4) is 0 Å². The Morgan fingerprint density at radius 3 is 2.79 bits per heavy atom. The number of nitrogens with two attached hydrogens (primary N) is 1. The van der Waals surface area contributed by atoms with Gasteiger partial charge in [0.25, 0.3) is 0 Å². The first-order valence-electron chi connectivity index (χ1n) is 8.40. The fourth-order valence-corrected chi connectivity index (χ4v) is 3.13. The molecule has 0 fully saturated rings. The molecule has 2 aromatic heterocycles. The second kappa shape index (κ2) is 7.55. The molecule has 0 saturated carbocycles. The molecule has 126 valence electrons. The third-order valence-electron chi connectivity index (χ3n) is 4.41. The number of aromatic nitrogens is 3. The van der Waals surface area contributed by atoms with Gasteiger partial charge in [-0.25, -0.2) is 0 Å². The highest BCUT2D eigenvalue weighted by atomic mass is 15.3. The lowest BCUT2D eigenvalue weighted by molar-refractivity contribution is 0.308. The molecule has 5 nitrogen and oxygen atoms in total. The topological polar surface area (TPSA) is 60.0 Å². The van der Waals surface area contributed by atoms with Gasteiger partial charge in [-0.3, -0.25) is 9.67 Å². The van der Waals surface area contributed by atoms with Gasteiger partial charge in [0, 0.05) is 31.2 Å². The van der Waals surface area contributed by atoms with Crippen molar-refractivity contribution in [2.45, 2.75) is 18.9 Å². The molecule has 0 amide bonds. The maximum atomic E-state index is 6.29. The van der Waals surface area contributed by atoms with Crippen LogP contribution in [-0.4, -0.2) is 39.8 Å². The largest absolute Gasteiger partial charge is 0.323 e. The van der Waals surface area contributed by atoms with Gasteiger partial charge in [-0.15, -0.1) is 0 Å². The van der Waals surface area contributed by atoms with Crippen LogP contribution in [0.4, 0.5) is 0 Å². The molecule has 0 aliphatic rings. The first-order chi connectivity index (χ1) is 11.6. The second-order valence-corrected chi connectivity index (χ2v) is 6.35. The van der Waals surface area contributed by atoms with Crippen molar-refractivity contribution in [1.82, 2.24) is 19.7 Å². The van der Waals surface area contributed by atoms with Gasteiger partial charge in [-0.05, 0) is 38.1 Å². The van der Waals surface area contributed by atoms with Crippen molar-refractivity contribution in [3.63, 3.8) is 0 Å². The lowest BCUT2D eigenvalue weighted by Crippen LogP contribution is -2.30. The van der Waals surface area contributed by atoms with Crippen LogP contribution >= 0.6 is 0 Å². The molecule has 2 heterocycles. The Morgan fingerprint density at radius 1 is 1.21 bits per heavy atom. The minimum absolute atomic E-state index is 0.0508. The Morgan fingerprint density at radius 2 is 2.00 bits per heavy atom. The van der Waals surface area contributed by atoms with E-state index in [0.29, 0.717) is 0 Å². The van der Waals surface area contributed by atoms with Gasteiger partial charge in [0.2, 0.25) is 0 Å². The predicted molar refractivity (Wildman–Crippen MR) is 97.7 cm³/mol. The summed E-state index contributed by atoms with van der Waals surface area (Å²) in [5.74, 6) is 0. The van der Waals surface area contributed by atoms with Crippen LogP contribution in [0, 0.1) is 0 Å². The van der Waals surface area contributed by atoms with Crippen molar-refractivity contribution in [2.75, 3.05) is 20.1 Å². The fraction of sp³-hybridized carbons (Fsp3) is 0.368. The summed E-state index contributed by atoms with van der Waals surface area (Å²) in [6.45, 7) is 1.85. The standard InChI is InChI=1S/C19H25N5/c1-23(14-17(20)15-7-4-3-5-8-15)12-6-9-18-19-16(10-11-21-18)13-22-24(19)2/h3-5,7-8,10-11,13,17H,6,9,12,14,20H2,1-2H3. The van der Waals surface area contributed by atoms with Gasteiger partial charge in [0.05, 0.1) is 17.4 Å². The first kappa shape index (κ1) is 16.6. The Bertz CT molecular complexity index is 781. The van der Waals surface area contributed by atoms with E-state index in [2.05, 4.69) is 34.2 Å². The molecule has 0 radical (unpaired) electrons. The summed E-state index contributed by atoms with van der Waals surface area (Å²) in [7, 11) is 4.10. The van der Waals surface area contributed by atoms with Crippen LogP contribution < -0.4 is 5.73 Å². The third kappa shape index (κ3) is 3.80. The molecule has 1 unspecified atom stereocenters. The number of fused-ring (bicyclic) bond motifs is 1. The smallest absolute Gasteiger partial charge is 0.0894 e. The van der Waals surface area contributed by atoms with Crippen LogP contribution in [0.15, 0.2) is 48.8 Å². The molecule has 0 saturated heterocycles. The lowest BCUT2D eigenvalue weighted by Gasteiger charge is -2.21. The van der Waals surface area contributed by atoms with Gasteiger partial charge in [0.1, 0.15) is 0 Å². The zero-order valence-electron chi connectivity index (χ0n) is 14.4. The summed E-state index contributed by atoms with van der Waals surface area (Å²) in [6, 6.07) is 12.3. The molecular formula is C19H25N5. The number of aryl methyl sites for hydroxylation is 2.